The summed E-state index contributed by atoms with van der Waals surface area (Å²) in [6, 6.07) is -1.94. The van der Waals surface area contributed by atoms with Gasteiger partial charge in [0.2, 0.25) is 11.9 Å². The van der Waals surface area contributed by atoms with E-state index in [9.17, 15) is 14.4 Å². The lowest BCUT2D eigenvalue weighted by molar-refractivity contribution is -0.140. The predicted octanol–water partition coefficient (Wildman–Crippen LogP) is -1.93. The molecular weight excluding hydrogens is 314 g/mol. The number of hydrogen-bond acceptors (Lipinski definition) is 6. The monoisotopic (exact) mass is 341 g/mol. The first-order valence-corrected chi connectivity index (χ1v) is 8.02. The van der Waals surface area contributed by atoms with Gasteiger partial charge in [0, 0.05) is 20.1 Å². The summed E-state index contributed by atoms with van der Waals surface area (Å²) in [5, 5.41) is 7.75. The summed E-state index contributed by atoms with van der Waals surface area (Å²) in [4.78, 5) is 41.0. The molecule has 24 heavy (non-hydrogen) atoms. The number of unbranched alkanes of at least 4 members (excludes halogenated alkanes) is 1. The number of amides is 4. The number of nitrogens with zero attached hydrogens (tertiary/aromatic N) is 2. The van der Waals surface area contributed by atoms with Gasteiger partial charge in [-0.05, 0) is 6.42 Å². The number of aliphatic imine (C=N–C) groups is 1. The molecule has 4 amide bonds. The van der Waals surface area contributed by atoms with Crippen LogP contribution in [0, 0.1) is 0 Å². The lowest BCUT2D eigenvalue weighted by Gasteiger charge is -2.32. The van der Waals surface area contributed by atoms with Gasteiger partial charge in [-0.3, -0.25) is 20.2 Å². The van der Waals surface area contributed by atoms with Gasteiger partial charge in [-0.1, -0.05) is 19.8 Å². The molecule has 0 aromatic rings. The van der Waals surface area contributed by atoms with Crippen molar-refractivity contribution in [2.24, 2.45) is 16.5 Å². The minimum absolute atomic E-state index is 0.00612. The van der Waals surface area contributed by atoms with Gasteiger partial charge >= 0.3 is 6.03 Å². The second-order valence-electron chi connectivity index (χ2n) is 5.57. The van der Waals surface area contributed by atoms with Gasteiger partial charge in [0.15, 0.2) is 0 Å². The molecule has 0 bridgehead atoms. The molecule has 0 saturated carbocycles. The van der Waals surface area contributed by atoms with Crippen LogP contribution in [0.4, 0.5) is 4.79 Å². The number of carbonyl (C=O) groups is 3. The van der Waals surface area contributed by atoms with Crippen LogP contribution in [0.2, 0.25) is 0 Å². The molecule has 0 fully saturated rings. The third-order valence-corrected chi connectivity index (χ3v) is 3.70. The third kappa shape index (κ3) is 5.78. The number of carbonyl (C=O) groups excluding carboxylic acids is 3. The Morgan fingerprint density at radius 2 is 2.21 bits per heavy atom. The molecule has 0 aliphatic carbocycles. The highest BCUT2D eigenvalue weighted by Gasteiger charge is 2.33. The Hall–Kier alpha value is -2.20. The molecule has 0 aromatic heterocycles. The number of rotatable bonds is 8. The standard InChI is InChI=1S/C14H27N7O3/c1-3-4-5-9(17-7-6-15)12(23)21(2)10-8-18-14(19-11(10)22)20-13(16)24/h9-10,17H,3-8,15H2,1-2H3,(H4,16,18,19,20,22,24). The van der Waals surface area contributed by atoms with Crippen molar-refractivity contribution in [3.63, 3.8) is 0 Å². The molecule has 136 valence electrons. The van der Waals surface area contributed by atoms with Crippen molar-refractivity contribution in [3.8, 4) is 0 Å². The van der Waals surface area contributed by atoms with Crippen molar-refractivity contribution >= 4 is 23.8 Å². The SMILES string of the molecule is CCCCC(NCCN)C(=O)N(C)C1CN=C(NC(N)=O)NC1=O. The van der Waals surface area contributed by atoms with Gasteiger partial charge in [-0.2, -0.15) is 0 Å². The quantitative estimate of drug-likeness (QED) is 0.348. The van der Waals surface area contributed by atoms with Crippen molar-refractivity contribution in [3.05, 3.63) is 0 Å². The summed E-state index contributed by atoms with van der Waals surface area (Å²) in [6.07, 6.45) is 2.53. The van der Waals surface area contributed by atoms with E-state index in [1.807, 2.05) is 6.92 Å². The molecule has 2 atom stereocenters. The molecule has 0 radical (unpaired) electrons. The molecule has 10 nitrogen and oxygen atoms in total. The second-order valence-corrected chi connectivity index (χ2v) is 5.57. The molecular formula is C14H27N7O3. The number of urea groups is 1. The first-order valence-electron chi connectivity index (χ1n) is 8.02. The second kappa shape index (κ2) is 9.83. The fourth-order valence-electron chi connectivity index (χ4n) is 2.36. The summed E-state index contributed by atoms with van der Waals surface area (Å²) in [6.45, 7) is 3.05. The molecule has 10 heteroatoms. The predicted molar refractivity (Wildman–Crippen MR) is 90.1 cm³/mol. The van der Waals surface area contributed by atoms with E-state index in [1.54, 1.807) is 7.05 Å². The van der Waals surface area contributed by atoms with Gasteiger partial charge in [-0.15, -0.1) is 0 Å². The maximum Gasteiger partial charge on any atom is 0.318 e. The van der Waals surface area contributed by atoms with E-state index in [-0.39, 0.29) is 24.5 Å². The summed E-state index contributed by atoms with van der Waals surface area (Å²) >= 11 is 0. The fourth-order valence-corrected chi connectivity index (χ4v) is 2.36. The average Bonchev–Trinajstić information content (AvgIpc) is 2.53. The van der Waals surface area contributed by atoms with Gasteiger partial charge < -0.3 is 21.7 Å². The third-order valence-electron chi connectivity index (χ3n) is 3.70. The van der Waals surface area contributed by atoms with Crippen LogP contribution in [0.15, 0.2) is 4.99 Å². The minimum atomic E-state index is -0.817. The number of nitrogens with one attached hydrogen (secondary N) is 3. The van der Waals surface area contributed by atoms with Crippen LogP contribution in [0.25, 0.3) is 0 Å². The van der Waals surface area contributed by atoms with E-state index < -0.39 is 18.0 Å². The molecule has 1 heterocycles. The largest absolute Gasteiger partial charge is 0.351 e. The van der Waals surface area contributed by atoms with E-state index in [1.165, 1.54) is 4.90 Å². The highest BCUT2D eigenvalue weighted by atomic mass is 16.2. The summed E-state index contributed by atoms with van der Waals surface area (Å²) in [5.41, 5.74) is 10.5. The number of nitrogens with two attached hydrogens (primary N) is 2. The van der Waals surface area contributed by atoms with E-state index in [0.717, 1.165) is 12.8 Å². The van der Waals surface area contributed by atoms with Crippen molar-refractivity contribution in [2.45, 2.75) is 38.3 Å². The van der Waals surface area contributed by atoms with Gasteiger partial charge in [0.25, 0.3) is 5.91 Å². The zero-order valence-corrected chi connectivity index (χ0v) is 14.2. The molecule has 0 aromatic carbocycles. The Bertz CT molecular complexity index is 487. The normalized spacial score (nSPS) is 18.4. The van der Waals surface area contributed by atoms with E-state index in [4.69, 9.17) is 11.5 Å². The van der Waals surface area contributed by atoms with Crippen LogP contribution in [0.1, 0.15) is 26.2 Å². The van der Waals surface area contributed by atoms with Crippen LogP contribution >= 0.6 is 0 Å². The molecule has 0 spiro atoms. The van der Waals surface area contributed by atoms with Crippen LogP contribution in [-0.2, 0) is 9.59 Å². The molecule has 7 N–H and O–H groups in total. The number of guanidine groups is 1. The van der Waals surface area contributed by atoms with E-state index in [2.05, 4.69) is 20.9 Å². The zero-order valence-electron chi connectivity index (χ0n) is 14.2. The Kier molecular flexibility index (Phi) is 8.13. The smallest absolute Gasteiger partial charge is 0.318 e. The summed E-state index contributed by atoms with van der Waals surface area (Å²) < 4.78 is 0. The van der Waals surface area contributed by atoms with Crippen LogP contribution < -0.4 is 27.4 Å². The van der Waals surface area contributed by atoms with E-state index >= 15 is 0 Å². The molecule has 1 aliphatic heterocycles. The van der Waals surface area contributed by atoms with Gasteiger partial charge in [0.05, 0.1) is 12.6 Å². The highest BCUT2D eigenvalue weighted by molar-refractivity contribution is 6.07. The Morgan fingerprint density at radius 3 is 2.75 bits per heavy atom. The summed E-state index contributed by atoms with van der Waals surface area (Å²) in [7, 11) is 1.57. The van der Waals surface area contributed by atoms with Crippen LogP contribution in [-0.4, -0.2) is 67.5 Å². The zero-order chi connectivity index (χ0) is 18.1. The van der Waals surface area contributed by atoms with Crippen molar-refractivity contribution < 1.29 is 14.4 Å². The lowest BCUT2D eigenvalue weighted by Crippen LogP contribution is -2.60. The first-order chi connectivity index (χ1) is 11.4. The van der Waals surface area contributed by atoms with Crippen LogP contribution in [0.3, 0.4) is 0 Å². The van der Waals surface area contributed by atoms with Crippen LogP contribution in [0.5, 0.6) is 0 Å². The number of likely N-dealkylation sites (N-methyl/N-ethyl adjacent to an activating group) is 1. The Morgan fingerprint density at radius 1 is 1.50 bits per heavy atom. The maximum absolute atomic E-state index is 12.7. The van der Waals surface area contributed by atoms with Crippen molar-refractivity contribution in [2.75, 3.05) is 26.7 Å². The van der Waals surface area contributed by atoms with Gasteiger partial charge in [0.1, 0.15) is 6.04 Å². The number of hydrogen-bond donors (Lipinski definition) is 5. The van der Waals surface area contributed by atoms with Gasteiger partial charge in [-0.25, -0.2) is 9.79 Å². The van der Waals surface area contributed by atoms with E-state index in [0.29, 0.717) is 19.5 Å². The van der Waals surface area contributed by atoms with Crippen molar-refractivity contribution in [1.29, 1.82) is 0 Å². The highest BCUT2D eigenvalue weighted by Crippen LogP contribution is 2.09. The molecule has 2 unspecified atom stereocenters. The molecule has 0 saturated heterocycles. The lowest BCUT2D eigenvalue weighted by atomic mass is 10.1. The van der Waals surface area contributed by atoms with Crippen molar-refractivity contribution in [1.82, 2.24) is 20.9 Å². The summed E-state index contributed by atoms with van der Waals surface area (Å²) in [5.74, 6) is -0.607. The maximum atomic E-state index is 12.7. The topological polar surface area (TPSA) is 155 Å². The Labute approximate surface area is 141 Å². The minimum Gasteiger partial charge on any atom is -0.351 e. The fraction of sp³-hybridized carbons (Fsp3) is 0.714. The molecule has 1 rings (SSSR count). The molecule has 1 aliphatic rings. The Balaban J connectivity index is 2.73. The number of primary amides is 1. The average molecular weight is 341 g/mol. The first kappa shape index (κ1) is 19.8.